The van der Waals surface area contributed by atoms with E-state index in [1.54, 1.807) is 30.3 Å². The van der Waals surface area contributed by atoms with Crippen LogP contribution in [0.1, 0.15) is 27.0 Å². The number of nitrogens with one attached hydrogen (secondary N) is 1. The van der Waals surface area contributed by atoms with Crippen LogP contribution >= 0.6 is 0 Å². The standard InChI is InChI=1S/C23H23N3O4S/c1-17-7-3-4-9-20(17)16-26(31(2,29)30)21-13-11-18(12-14-21)23(28)25-24-15-19-8-5-6-10-22(19)27/h3-15,27H,16H2,1-2H3,(H,25,28)/b24-15-. The number of hydrazone groups is 1. The fourth-order valence-electron chi connectivity index (χ4n) is 2.94. The third-order valence-electron chi connectivity index (χ3n) is 4.70. The van der Waals surface area contributed by atoms with Crippen molar-refractivity contribution in [3.63, 3.8) is 0 Å². The summed E-state index contributed by atoms with van der Waals surface area (Å²) < 4.78 is 26.1. The Morgan fingerprint density at radius 2 is 1.68 bits per heavy atom. The van der Waals surface area contributed by atoms with E-state index in [0.29, 0.717) is 16.8 Å². The second-order valence-electron chi connectivity index (χ2n) is 7.00. The molecular weight excluding hydrogens is 414 g/mol. The van der Waals surface area contributed by atoms with E-state index in [9.17, 15) is 18.3 Å². The molecule has 0 bridgehead atoms. The summed E-state index contributed by atoms with van der Waals surface area (Å²) in [5, 5.41) is 13.6. The average Bonchev–Trinajstić information content (AvgIpc) is 2.74. The summed E-state index contributed by atoms with van der Waals surface area (Å²) in [4.78, 5) is 12.3. The number of para-hydroxylation sites is 1. The summed E-state index contributed by atoms with van der Waals surface area (Å²) in [5.41, 5.74) is 5.53. The van der Waals surface area contributed by atoms with Crippen molar-refractivity contribution in [3.8, 4) is 5.75 Å². The number of nitrogens with zero attached hydrogens (tertiary/aromatic N) is 2. The molecule has 3 aromatic rings. The molecule has 0 aromatic heterocycles. The Labute approximate surface area is 181 Å². The number of aromatic hydroxyl groups is 1. The molecule has 0 unspecified atom stereocenters. The van der Waals surface area contributed by atoms with Crippen LogP contribution in [-0.4, -0.2) is 31.9 Å². The van der Waals surface area contributed by atoms with E-state index < -0.39 is 15.9 Å². The van der Waals surface area contributed by atoms with Gasteiger partial charge in [-0.3, -0.25) is 9.10 Å². The molecule has 0 saturated heterocycles. The molecule has 0 radical (unpaired) electrons. The van der Waals surface area contributed by atoms with Gasteiger partial charge in [0, 0.05) is 11.1 Å². The fraction of sp³-hybridized carbons (Fsp3) is 0.130. The van der Waals surface area contributed by atoms with Gasteiger partial charge in [-0.1, -0.05) is 36.4 Å². The van der Waals surface area contributed by atoms with Crippen LogP contribution in [0.2, 0.25) is 0 Å². The smallest absolute Gasteiger partial charge is 0.271 e. The van der Waals surface area contributed by atoms with Gasteiger partial charge in [-0.15, -0.1) is 0 Å². The number of rotatable bonds is 7. The SMILES string of the molecule is Cc1ccccc1CN(c1ccc(C(=O)N/N=C\c2ccccc2O)cc1)S(C)(=O)=O. The number of aryl methyl sites for hydroxylation is 1. The first-order valence-corrected chi connectivity index (χ1v) is 11.3. The Bertz CT molecular complexity index is 1210. The zero-order chi connectivity index (χ0) is 22.4. The zero-order valence-corrected chi connectivity index (χ0v) is 18.0. The Balaban J connectivity index is 1.74. The monoisotopic (exact) mass is 437 g/mol. The number of sulfonamides is 1. The molecule has 0 spiro atoms. The van der Waals surface area contributed by atoms with Crippen LogP contribution in [0.3, 0.4) is 0 Å². The number of phenolic OH excluding ortho intramolecular Hbond substituents is 1. The Kier molecular flexibility index (Phi) is 6.71. The van der Waals surface area contributed by atoms with E-state index in [-0.39, 0.29) is 12.3 Å². The summed E-state index contributed by atoms with van der Waals surface area (Å²) in [6, 6.07) is 20.4. The summed E-state index contributed by atoms with van der Waals surface area (Å²) in [5.74, 6) is -0.401. The van der Waals surface area contributed by atoms with Gasteiger partial charge in [-0.05, 0) is 54.4 Å². The van der Waals surface area contributed by atoms with Gasteiger partial charge in [0.1, 0.15) is 5.75 Å². The molecule has 0 aliphatic carbocycles. The van der Waals surface area contributed by atoms with Gasteiger partial charge in [-0.25, -0.2) is 13.8 Å². The highest BCUT2D eigenvalue weighted by atomic mass is 32.2. The minimum atomic E-state index is -3.53. The van der Waals surface area contributed by atoms with Crippen molar-refractivity contribution in [2.75, 3.05) is 10.6 Å². The van der Waals surface area contributed by atoms with Crippen molar-refractivity contribution in [2.24, 2.45) is 5.10 Å². The molecule has 2 N–H and O–H groups in total. The van der Waals surface area contributed by atoms with Crippen LogP contribution in [0.15, 0.2) is 77.9 Å². The van der Waals surface area contributed by atoms with Crippen molar-refractivity contribution in [1.82, 2.24) is 5.43 Å². The number of phenols is 1. The van der Waals surface area contributed by atoms with Crippen LogP contribution in [0.5, 0.6) is 5.75 Å². The summed E-state index contributed by atoms with van der Waals surface area (Å²) in [6.07, 6.45) is 2.49. The topological polar surface area (TPSA) is 99.1 Å². The number of anilines is 1. The minimum Gasteiger partial charge on any atom is -0.507 e. The normalized spacial score (nSPS) is 11.4. The number of amides is 1. The second-order valence-corrected chi connectivity index (χ2v) is 8.91. The summed E-state index contributed by atoms with van der Waals surface area (Å²) in [6.45, 7) is 2.13. The lowest BCUT2D eigenvalue weighted by molar-refractivity contribution is 0.0955. The predicted molar refractivity (Wildman–Crippen MR) is 122 cm³/mol. The fourth-order valence-corrected chi connectivity index (χ4v) is 3.82. The largest absolute Gasteiger partial charge is 0.507 e. The summed E-state index contributed by atoms with van der Waals surface area (Å²) >= 11 is 0. The lowest BCUT2D eigenvalue weighted by atomic mass is 10.1. The van der Waals surface area contributed by atoms with Crippen molar-refractivity contribution >= 4 is 27.8 Å². The van der Waals surface area contributed by atoms with Gasteiger partial charge >= 0.3 is 0 Å². The van der Waals surface area contributed by atoms with Gasteiger partial charge in [0.15, 0.2) is 0 Å². The second kappa shape index (κ2) is 9.44. The lowest BCUT2D eigenvalue weighted by Crippen LogP contribution is -2.29. The molecule has 0 aliphatic rings. The summed E-state index contributed by atoms with van der Waals surface area (Å²) in [7, 11) is -3.53. The van der Waals surface area contributed by atoms with Gasteiger partial charge in [-0.2, -0.15) is 5.10 Å². The van der Waals surface area contributed by atoms with E-state index in [1.807, 2.05) is 31.2 Å². The highest BCUT2D eigenvalue weighted by Gasteiger charge is 2.19. The number of hydrogen-bond donors (Lipinski definition) is 2. The zero-order valence-electron chi connectivity index (χ0n) is 17.2. The van der Waals surface area contributed by atoms with Crippen LogP contribution in [0.4, 0.5) is 5.69 Å². The number of hydrogen-bond acceptors (Lipinski definition) is 5. The van der Waals surface area contributed by atoms with Gasteiger partial charge in [0.25, 0.3) is 5.91 Å². The molecule has 3 aromatic carbocycles. The Morgan fingerprint density at radius 3 is 2.32 bits per heavy atom. The van der Waals surface area contributed by atoms with E-state index >= 15 is 0 Å². The molecule has 0 fully saturated rings. The quantitative estimate of drug-likeness (QED) is 0.437. The molecule has 0 saturated carbocycles. The van der Waals surface area contributed by atoms with Crippen LogP contribution < -0.4 is 9.73 Å². The highest BCUT2D eigenvalue weighted by molar-refractivity contribution is 7.92. The maximum Gasteiger partial charge on any atom is 0.271 e. The van der Waals surface area contributed by atoms with Crippen molar-refractivity contribution in [1.29, 1.82) is 0 Å². The van der Waals surface area contributed by atoms with Gasteiger partial charge in [0.05, 0.1) is 24.7 Å². The molecule has 160 valence electrons. The van der Waals surface area contributed by atoms with E-state index in [0.717, 1.165) is 17.4 Å². The first-order chi connectivity index (χ1) is 14.8. The lowest BCUT2D eigenvalue weighted by Gasteiger charge is -2.23. The van der Waals surface area contributed by atoms with Gasteiger partial charge in [0.2, 0.25) is 10.0 Å². The molecule has 7 nitrogen and oxygen atoms in total. The first kappa shape index (κ1) is 22.0. The van der Waals surface area contributed by atoms with Crippen molar-refractivity contribution in [2.45, 2.75) is 13.5 Å². The Hall–Kier alpha value is -3.65. The van der Waals surface area contributed by atoms with Crippen LogP contribution in [0, 0.1) is 6.92 Å². The van der Waals surface area contributed by atoms with Crippen molar-refractivity contribution < 1.29 is 18.3 Å². The van der Waals surface area contributed by atoms with Crippen molar-refractivity contribution in [3.05, 3.63) is 95.1 Å². The predicted octanol–water partition coefficient (Wildman–Crippen LogP) is 3.43. The molecular formula is C23H23N3O4S. The minimum absolute atomic E-state index is 0.0550. The molecule has 0 atom stereocenters. The van der Waals surface area contributed by atoms with Crippen LogP contribution in [0.25, 0.3) is 0 Å². The maximum atomic E-state index is 12.4. The molecule has 0 heterocycles. The number of benzene rings is 3. The highest BCUT2D eigenvalue weighted by Crippen LogP contribution is 2.22. The third kappa shape index (κ3) is 5.70. The number of carbonyl (C=O) groups is 1. The number of carbonyl (C=O) groups excluding carboxylic acids is 1. The molecule has 1 amide bonds. The van der Waals surface area contributed by atoms with Crippen LogP contribution in [-0.2, 0) is 16.6 Å². The third-order valence-corrected chi connectivity index (χ3v) is 5.84. The molecule has 8 heteroatoms. The molecule has 31 heavy (non-hydrogen) atoms. The van der Waals surface area contributed by atoms with E-state index in [4.69, 9.17) is 0 Å². The van der Waals surface area contributed by atoms with Gasteiger partial charge < -0.3 is 5.11 Å². The average molecular weight is 438 g/mol. The van der Waals surface area contributed by atoms with E-state index in [1.165, 1.54) is 28.7 Å². The van der Waals surface area contributed by atoms with E-state index in [2.05, 4.69) is 10.5 Å². The molecule has 0 aliphatic heterocycles. The maximum absolute atomic E-state index is 12.4. The molecule has 3 rings (SSSR count). The first-order valence-electron chi connectivity index (χ1n) is 9.49. The Morgan fingerprint density at radius 1 is 1.03 bits per heavy atom.